The van der Waals surface area contributed by atoms with Crippen molar-refractivity contribution in [1.29, 1.82) is 0 Å². The molecule has 21 heavy (non-hydrogen) atoms. The molecule has 4 nitrogen and oxygen atoms in total. The fraction of sp³-hybridized carbons (Fsp3) is 0.143. The molecule has 0 saturated heterocycles. The van der Waals surface area contributed by atoms with E-state index in [4.69, 9.17) is 5.73 Å². The molecular formula is C14H14BrFN2O2S. The predicted molar refractivity (Wildman–Crippen MR) is 83.7 cm³/mol. The number of hydrogen-bond donors (Lipinski definition) is 2. The van der Waals surface area contributed by atoms with Crippen molar-refractivity contribution in [3.8, 4) is 0 Å². The summed E-state index contributed by atoms with van der Waals surface area (Å²) in [5.41, 5.74) is 6.36. The van der Waals surface area contributed by atoms with Crippen molar-refractivity contribution in [3.05, 3.63) is 58.3 Å². The van der Waals surface area contributed by atoms with Crippen LogP contribution in [0, 0.1) is 5.82 Å². The molecule has 0 fully saturated rings. The normalized spacial score (nSPS) is 13.1. The topological polar surface area (TPSA) is 72.2 Å². The summed E-state index contributed by atoms with van der Waals surface area (Å²) >= 11 is 3.32. The lowest BCUT2D eigenvalue weighted by atomic mass is 10.1. The minimum atomic E-state index is -3.96. The van der Waals surface area contributed by atoms with Crippen LogP contribution in [-0.2, 0) is 10.0 Å². The van der Waals surface area contributed by atoms with E-state index in [1.165, 1.54) is 6.07 Å². The molecule has 7 heteroatoms. The highest BCUT2D eigenvalue weighted by molar-refractivity contribution is 9.10. The summed E-state index contributed by atoms with van der Waals surface area (Å²) in [6.45, 7) is 1.69. The third-order valence-corrected chi connectivity index (χ3v) is 4.99. The van der Waals surface area contributed by atoms with Gasteiger partial charge >= 0.3 is 0 Å². The van der Waals surface area contributed by atoms with E-state index in [0.29, 0.717) is 0 Å². The Morgan fingerprint density at radius 2 is 1.95 bits per heavy atom. The Hall–Kier alpha value is -1.44. The second kappa shape index (κ2) is 6.13. The number of nitrogens with two attached hydrogens (primary N) is 1. The quantitative estimate of drug-likeness (QED) is 0.809. The average molecular weight is 373 g/mol. The van der Waals surface area contributed by atoms with Gasteiger partial charge in [0.25, 0.3) is 0 Å². The number of anilines is 1. The maximum absolute atomic E-state index is 13.8. The van der Waals surface area contributed by atoms with E-state index in [9.17, 15) is 12.8 Å². The Labute approximate surface area is 131 Å². The first-order valence-electron chi connectivity index (χ1n) is 6.12. The molecule has 0 saturated carbocycles. The zero-order valence-electron chi connectivity index (χ0n) is 11.2. The van der Waals surface area contributed by atoms with Crippen molar-refractivity contribution in [1.82, 2.24) is 4.72 Å². The molecule has 2 aromatic carbocycles. The van der Waals surface area contributed by atoms with Crippen molar-refractivity contribution in [2.24, 2.45) is 0 Å². The number of sulfonamides is 1. The zero-order chi connectivity index (χ0) is 15.6. The molecule has 0 bridgehead atoms. The molecule has 2 aromatic rings. The largest absolute Gasteiger partial charge is 0.399 e. The number of nitrogens with one attached hydrogen (secondary N) is 1. The van der Waals surface area contributed by atoms with Gasteiger partial charge in [0, 0.05) is 16.2 Å². The van der Waals surface area contributed by atoms with Crippen LogP contribution < -0.4 is 10.5 Å². The van der Waals surface area contributed by atoms with E-state index in [1.807, 2.05) is 6.07 Å². The first-order valence-corrected chi connectivity index (χ1v) is 8.40. The van der Waals surface area contributed by atoms with E-state index in [-0.39, 0.29) is 5.69 Å². The highest BCUT2D eigenvalue weighted by Crippen LogP contribution is 2.22. The van der Waals surface area contributed by atoms with E-state index >= 15 is 0 Å². The average Bonchev–Trinajstić information content (AvgIpc) is 2.37. The van der Waals surface area contributed by atoms with Gasteiger partial charge in [0.05, 0.1) is 0 Å². The monoisotopic (exact) mass is 372 g/mol. The van der Waals surface area contributed by atoms with Crippen molar-refractivity contribution in [3.63, 3.8) is 0 Å². The number of benzene rings is 2. The van der Waals surface area contributed by atoms with Gasteiger partial charge in [0.2, 0.25) is 10.0 Å². The standard InChI is InChI=1S/C14H14BrFN2O2S/c1-9(10-3-2-4-11(15)7-10)18-21(19,20)14-6-5-12(17)8-13(14)16/h2-9,18H,17H2,1H3. The van der Waals surface area contributed by atoms with Crippen LogP contribution in [0.2, 0.25) is 0 Å². The third kappa shape index (κ3) is 3.81. The summed E-state index contributed by atoms with van der Waals surface area (Å²) < 4.78 is 41.5. The van der Waals surface area contributed by atoms with E-state index < -0.39 is 26.8 Å². The van der Waals surface area contributed by atoms with Crippen molar-refractivity contribution < 1.29 is 12.8 Å². The SMILES string of the molecule is CC(NS(=O)(=O)c1ccc(N)cc1F)c1cccc(Br)c1. The van der Waals surface area contributed by atoms with Crippen LogP contribution in [0.5, 0.6) is 0 Å². The van der Waals surface area contributed by atoms with Crippen LogP contribution in [0.4, 0.5) is 10.1 Å². The molecule has 3 N–H and O–H groups in total. The summed E-state index contributed by atoms with van der Waals surface area (Å²) in [7, 11) is -3.96. The smallest absolute Gasteiger partial charge is 0.244 e. The summed E-state index contributed by atoms with van der Waals surface area (Å²) in [6, 6.07) is 10.2. The third-order valence-electron chi connectivity index (χ3n) is 2.93. The van der Waals surface area contributed by atoms with Crippen LogP contribution >= 0.6 is 15.9 Å². The Kier molecular flexibility index (Phi) is 4.65. The molecule has 2 rings (SSSR count). The Morgan fingerprint density at radius 3 is 2.57 bits per heavy atom. The highest BCUT2D eigenvalue weighted by atomic mass is 79.9. The molecule has 0 amide bonds. The minimum Gasteiger partial charge on any atom is -0.399 e. The number of hydrogen-bond acceptors (Lipinski definition) is 3. The summed E-state index contributed by atoms with van der Waals surface area (Å²) in [5.74, 6) is -0.871. The van der Waals surface area contributed by atoms with E-state index in [1.54, 1.807) is 25.1 Å². The first kappa shape index (κ1) is 15.9. The molecular weight excluding hydrogens is 359 g/mol. The summed E-state index contributed by atoms with van der Waals surface area (Å²) in [4.78, 5) is -0.418. The molecule has 0 aliphatic carbocycles. The first-order chi connectivity index (χ1) is 9.79. The van der Waals surface area contributed by atoms with Crippen LogP contribution in [-0.4, -0.2) is 8.42 Å². The molecule has 0 radical (unpaired) electrons. The molecule has 0 aromatic heterocycles. The number of rotatable bonds is 4. The maximum Gasteiger partial charge on any atom is 0.244 e. The fourth-order valence-corrected chi connectivity index (χ4v) is 3.58. The molecule has 1 atom stereocenters. The lowest BCUT2D eigenvalue weighted by Gasteiger charge is -2.15. The number of nitrogen functional groups attached to an aromatic ring is 1. The van der Waals surface area contributed by atoms with Gasteiger partial charge in [-0.25, -0.2) is 17.5 Å². The summed E-state index contributed by atoms with van der Waals surface area (Å²) in [5, 5.41) is 0. The van der Waals surface area contributed by atoms with Gasteiger partial charge in [-0.15, -0.1) is 0 Å². The van der Waals surface area contributed by atoms with Gasteiger partial charge in [-0.1, -0.05) is 28.1 Å². The van der Waals surface area contributed by atoms with Crippen molar-refractivity contribution in [2.45, 2.75) is 17.9 Å². The Balaban J connectivity index is 2.29. The minimum absolute atomic E-state index is 0.173. The molecule has 112 valence electrons. The maximum atomic E-state index is 13.8. The molecule has 0 spiro atoms. The van der Waals surface area contributed by atoms with Gasteiger partial charge in [-0.05, 0) is 42.8 Å². The van der Waals surface area contributed by atoms with Crippen LogP contribution in [0.1, 0.15) is 18.5 Å². The van der Waals surface area contributed by atoms with Gasteiger partial charge in [-0.2, -0.15) is 0 Å². The second-order valence-electron chi connectivity index (χ2n) is 4.59. The van der Waals surface area contributed by atoms with Gasteiger partial charge < -0.3 is 5.73 Å². The van der Waals surface area contributed by atoms with Gasteiger partial charge in [-0.3, -0.25) is 0 Å². The van der Waals surface area contributed by atoms with E-state index in [2.05, 4.69) is 20.7 Å². The van der Waals surface area contributed by atoms with Crippen molar-refractivity contribution in [2.75, 3.05) is 5.73 Å². The van der Waals surface area contributed by atoms with E-state index in [0.717, 1.165) is 22.2 Å². The van der Waals surface area contributed by atoms with Gasteiger partial charge in [0.1, 0.15) is 10.7 Å². The molecule has 1 unspecified atom stereocenters. The van der Waals surface area contributed by atoms with Crippen LogP contribution in [0.25, 0.3) is 0 Å². The lowest BCUT2D eigenvalue weighted by Crippen LogP contribution is -2.27. The van der Waals surface area contributed by atoms with Crippen LogP contribution in [0.15, 0.2) is 51.8 Å². The fourth-order valence-electron chi connectivity index (χ4n) is 1.88. The molecule has 0 aliphatic heterocycles. The Morgan fingerprint density at radius 1 is 1.24 bits per heavy atom. The zero-order valence-corrected chi connectivity index (χ0v) is 13.6. The lowest BCUT2D eigenvalue weighted by molar-refractivity contribution is 0.547. The molecule has 0 aliphatic rings. The molecule has 0 heterocycles. The summed E-state index contributed by atoms with van der Waals surface area (Å²) in [6.07, 6.45) is 0. The van der Waals surface area contributed by atoms with Gasteiger partial charge in [0.15, 0.2) is 0 Å². The second-order valence-corrected chi connectivity index (χ2v) is 7.19. The highest BCUT2D eigenvalue weighted by Gasteiger charge is 2.22. The van der Waals surface area contributed by atoms with Crippen molar-refractivity contribution >= 4 is 31.6 Å². The Bertz CT molecular complexity index is 765. The predicted octanol–water partition coefficient (Wildman–Crippen LogP) is 3.21. The number of halogens is 2. The van der Waals surface area contributed by atoms with Crippen LogP contribution in [0.3, 0.4) is 0 Å².